The number of nitrogens with one attached hydrogen (secondary N) is 1. The molecule has 20 heavy (non-hydrogen) atoms. The van der Waals surface area contributed by atoms with Crippen LogP contribution >= 0.6 is 0 Å². The van der Waals surface area contributed by atoms with Crippen LogP contribution in [0.3, 0.4) is 0 Å². The molecule has 1 N–H and O–H groups in total. The number of sulfonamides is 1. The highest BCUT2D eigenvalue weighted by Crippen LogP contribution is 2.24. The van der Waals surface area contributed by atoms with Crippen LogP contribution in [0.2, 0.25) is 0 Å². The molecule has 1 amide bonds. The van der Waals surface area contributed by atoms with E-state index in [-0.39, 0.29) is 10.8 Å². The summed E-state index contributed by atoms with van der Waals surface area (Å²) in [6.07, 6.45) is 0. The summed E-state index contributed by atoms with van der Waals surface area (Å²) >= 11 is 0. The molecule has 0 bridgehead atoms. The molecule has 0 atom stereocenters. The minimum Gasteiger partial charge on any atom is -0.326 e. The molecular weight excluding hydrogens is 276 g/mol. The Kier molecular flexibility index (Phi) is 4.61. The largest absolute Gasteiger partial charge is 0.326 e. The first-order valence-corrected chi connectivity index (χ1v) is 7.75. The molecule has 6 heteroatoms. The quantitative estimate of drug-likeness (QED) is 0.930. The number of amides is 1. The van der Waals surface area contributed by atoms with E-state index in [9.17, 15) is 13.2 Å². The van der Waals surface area contributed by atoms with Gasteiger partial charge in [-0.25, -0.2) is 12.7 Å². The number of carbonyl (C=O) groups is 1. The zero-order valence-electron chi connectivity index (χ0n) is 12.8. The summed E-state index contributed by atoms with van der Waals surface area (Å²) in [6.45, 7) is 7.13. The summed E-state index contributed by atoms with van der Waals surface area (Å²) in [5.41, 5.74) is 0.592. The molecule has 0 aromatic heterocycles. The normalized spacial score (nSPS) is 12.6. The average molecular weight is 298 g/mol. The van der Waals surface area contributed by atoms with Crippen molar-refractivity contribution in [3.8, 4) is 0 Å². The van der Waals surface area contributed by atoms with Crippen LogP contribution in [-0.4, -0.2) is 32.7 Å². The molecule has 5 nitrogen and oxygen atoms in total. The van der Waals surface area contributed by atoms with Gasteiger partial charge in [-0.15, -0.1) is 0 Å². The van der Waals surface area contributed by atoms with Crippen LogP contribution in [0.15, 0.2) is 23.1 Å². The molecule has 0 aliphatic carbocycles. The van der Waals surface area contributed by atoms with Gasteiger partial charge in [-0.05, 0) is 24.6 Å². The van der Waals surface area contributed by atoms with Crippen molar-refractivity contribution in [2.24, 2.45) is 5.41 Å². The zero-order chi connectivity index (χ0) is 15.7. The molecular formula is C14H22N2O3S. The van der Waals surface area contributed by atoms with Crippen molar-refractivity contribution < 1.29 is 13.2 Å². The van der Waals surface area contributed by atoms with Crippen LogP contribution in [0.1, 0.15) is 26.3 Å². The Hall–Kier alpha value is -1.40. The fraction of sp³-hybridized carbons (Fsp3) is 0.500. The van der Waals surface area contributed by atoms with Crippen LogP contribution in [0.5, 0.6) is 0 Å². The number of benzene rings is 1. The standard InChI is InChI=1S/C14H22N2O3S/c1-10-7-8-11(15-13(17)14(2,3)4)9-12(10)20(18,19)16(5)6/h7-9H,1-6H3,(H,15,17). The van der Waals surface area contributed by atoms with Gasteiger partial charge in [-0.1, -0.05) is 26.8 Å². The predicted octanol–water partition coefficient (Wildman–Crippen LogP) is 2.23. The number of hydrogen-bond acceptors (Lipinski definition) is 3. The lowest BCUT2D eigenvalue weighted by molar-refractivity contribution is -0.123. The molecule has 1 aromatic rings. The van der Waals surface area contributed by atoms with Crippen molar-refractivity contribution in [1.29, 1.82) is 0 Å². The van der Waals surface area contributed by atoms with E-state index in [1.165, 1.54) is 20.2 Å². The minimum atomic E-state index is -3.52. The third-order valence-electron chi connectivity index (χ3n) is 2.89. The number of nitrogens with zero attached hydrogens (tertiary/aromatic N) is 1. The van der Waals surface area contributed by atoms with Crippen molar-refractivity contribution in [3.63, 3.8) is 0 Å². The van der Waals surface area contributed by atoms with Crippen molar-refractivity contribution in [3.05, 3.63) is 23.8 Å². The highest BCUT2D eigenvalue weighted by atomic mass is 32.2. The fourth-order valence-electron chi connectivity index (χ4n) is 1.47. The van der Waals surface area contributed by atoms with Crippen molar-refractivity contribution in [2.45, 2.75) is 32.6 Å². The van der Waals surface area contributed by atoms with E-state index in [4.69, 9.17) is 0 Å². The Balaban J connectivity index is 3.20. The van der Waals surface area contributed by atoms with E-state index in [0.29, 0.717) is 11.3 Å². The maximum absolute atomic E-state index is 12.2. The lowest BCUT2D eigenvalue weighted by atomic mass is 9.95. The van der Waals surface area contributed by atoms with Gasteiger partial charge in [0.05, 0.1) is 4.90 Å². The fourth-order valence-corrected chi connectivity index (χ4v) is 2.62. The number of rotatable bonds is 3. The first-order chi connectivity index (χ1) is 8.96. The van der Waals surface area contributed by atoms with Crippen molar-refractivity contribution in [2.75, 3.05) is 19.4 Å². The summed E-state index contributed by atoms with van der Waals surface area (Å²) in [4.78, 5) is 12.1. The Labute approximate surface area is 121 Å². The second-order valence-electron chi connectivity index (χ2n) is 5.97. The van der Waals surface area contributed by atoms with E-state index in [2.05, 4.69) is 5.32 Å². The molecule has 1 rings (SSSR count). The summed E-state index contributed by atoms with van der Waals surface area (Å²) < 4.78 is 25.6. The molecule has 0 saturated carbocycles. The highest BCUT2D eigenvalue weighted by molar-refractivity contribution is 7.89. The Morgan fingerprint density at radius 2 is 1.75 bits per heavy atom. The van der Waals surface area contributed by atoms with Gasteiger partial charge in [0.25, 0.3) is 0 Å². The van der Waals surface area contributed by atoms with Crippen LogP contribution < -0.4 is 5.32 Å². The van der Waals surface area contributed by atoms with Gasteiger partial charge in [-0.3, -0.25) is 4.79 Å². The first-order valence-electron chi connectivity index (χ1n) is 6.31. The lowest BCUT2D eigenvalue weighted by Gasteiger charge is -2.19. The molecule has 0 aliphatic rings. The second-order valence-corrected chi connectivity index (χ2v) is 8.09. The average Bonchev–Trinajstić information content (AvgIpc) is 2.29. The number of aryl methyl sites for hydroxylation is 1. The number of hydrogen-bond donors (Lipinski definition) is 1. The smallest absolute Gasteiger partial charge is 0.242 e. The van der Waals surface area contributed by atoms with Gasteiger partial charge in [0.1, 0.15) is 0 Å². The SMILES string of the molecule is Cc1ccc(NC(=O)C(C)(C)C)cc1S(=O)(=O)N(C)C. The maximum Gasteiger partial charge on any atom is 0.242 e. The third kappa shape index (κ3) is 3.58. The monoisotopic (exact) mass is 298 g/mol. The molecule has 0 unspecified atom stereocenters. The van der Waals surface area contributed by atoms with E-state index < -0.39 is 15.4 Å². The highest BCUT2D eigenvalue weighted by Gasteiger charge is 2.23. The number of carbonyl (C=O) groups excluding carboxylic acids is 1. The minimum absolute atomic E-state index is 0.158. The molecule has 0 spiro atoms. The summed E-state index contributed by atoms with van der Waals surface area (Å²) in [7, 11) is -0.557. The topological polar surface area (TPSA) is 66.5 Å². The molecule has 0 saturated heterocycles. The van der Waals surface area contributed by atoms with E-state index in [1.54, 1.807) is 39.8 Å². The van der Waals surface area contributed by atoms with E-state index >= 15 is 0 Å². The van der Waals surface area contributed by atoms with Crippen molar-refractivity contribution in [1.82, 2.24) is 4.31 Å². The van der Waals surface area contributed by atoms with Crippen molar-refractivity contribution >= 4 is 21.6 Å². The van der Waals surface area contributed by atoms with Gasteiger partial charge in [0.15, 0.2) is 0 Å². The zero-order valence-corrected chi connectivity index (χ0v) is 13.6. The molecule has 0 fully saturated rings. The Bertz CT molecular complexity index is 614. The Morgan fingerprint density at radius 3 is 2.20 bits per heavy atom. The molecule has 112 valence electrons. The van der Waals surface area contributed by atoms with Crippen LogP contribution in [0.25, 0.3) is 0 Å². The lowest BCUT2D eigenvalue weighted by Crippen LogP contribution is -2.28. The van der Waals surface area contributed by atoms with Gasteiger partial charge in [0.2, 0.25) is 15.9 Å². The number of anilines is 1. The molecule has 1 aromatic carbocycles. The van der Waals surface area contributed by atoms with Gasteiger partial charge in [0, 0.05) is 25.2 Å². The maximum atomic E-state index is 12.2. The predicted molar refractivity (Wildman–Crippen MR) is 80.1 cm³/mol. The van der Waals surface area contributed by atoms with Crippen LogP contribution in [0.4, 0.5) is 5.69 Å². The summed E-state index contributed by atoms with van der Waals surface area (Å²) in [6, 6.07) is 4.89. The van der Waals surface area contributed by atoms with Gasteiger partial charge in [-0.2, -0.15) is 0 Å². The molecule has 0 radical (unpaired) electrons. The van der Waals surface area contributed by atoms with Crippen LogP contribution in [-0.2, 0) is 14.8 Å². The third-order valence-corrected chi connectivity index (χ3v) is 4.84. The molecule has 0 aliphatic heterocycles. The van der Waals surface area contributed by atoms with Gasteiger partial charge >= 0.3 is 0 Å². The van der Waals surface area contributed by atoms with E-state index in [0.717, 1.165) is 4.31 Å². The van der Waals surface area contributed by atoms with Crippen LogP contribution in [0, 0.1) is 12.3 Å². The summed E-state index contributed by atoms with van der Waals surface area (Å²) in [5, 5.41) is 2.74. The Morgan fingerprint density at radius 1 is 1.20 bits per heavy atom. The van der Waals surface area contributed by atoms with Gasteiger partial charge < -0.3 is 5.32 Å². The van der Waals surface area contributed by atoms with E-state index in [1.807, 2.05) is 0 Å². The molecule has 0 heterocycles. The first kappa shape index (κ1) is 16.7. The summed E-state index contributed by atoms with van der Waals surface area (Å²) in [5.74, 6) is -0.158. The second kappa shape index (κ2) is 5.54.